The number of rotatable bonds is 8. The summed E-state index contributed by atoms with van der Waals surface area (Å²) in [4.78, 5) is 39.4. The van der Waals surface area contributed by atoms with E-state index in [-0.39, 0.29) is 53.9 Å². The molecule has 3 rings (SSSR count). The Morgan fingerprint density at radius 3 is 2.38 bits per heavy atom. The number of aromatic nitrogens is 1. The number of anilines is 2. The van der Waals surface area contributed by atoms with Crippen LogP contribution in [0, 0.1) is 0 Å². The molecule has 160 valence electrons. The number of nitrogens with zero attached hydrogens (tertiary/aromatic N) is 1. The minimum Gasteiger partial charge on any atom is -1.00 e. The van der Waals surface area contributed by atoms with Crippen LogP contribution < -0.4 is 40.2 Å². The number of pyridine rings is 1. The van der Waals surface area contributed by atoms with Crippen LogP contribution in [-0.2, 0) is 14.3 Å². The predicted molar refractivity (Wildman–Crippen MR) is 117 cm³/mol. The van der Waals surface area contributed by atoms with Crippen molar-refractivity contribution in [2.24, 2.45) is 0 Å². The third kappa shape index (κ3) is 7.44. The third-order valence-corrected chi connectivity index (χ3v) is 4.33. The van der Waals surface area contributed by atoms with Gasteiger partial charge in [0.2, 0.25) is 11.8 Å². The van der Waals surface area contributed by atoms with Crippen molar-refractivity contribution >= 4 is 40.8 Å². The van der Waals surface area contributed by atoms with Crippen LogP contribution in [-0.4, -0.2) is 41.1 Å². The molecule has 2 amide bonds. The van der Waals surface area contributed by atoms with Gasteiger partial charge in [-0.15, -0.1) is 0 Å². The molecule has 0 unspecified atom stereocenters. The molecule has 0 aliphatic heterocycles. The summed E-state index contributed by atoms with van der Waals surface area (Å²) in [5.74, 6) is -2.27. The molecule has 3 N–H and O–H groups in total. The smallest absolute Gasteiger partial charge is 1.00 e. The molecule has 0 saturated heterocycles. The molecule has 0 aliphatic carbocycles. The third-order valence-electron chi connectivity index (χ3n) is 4.09. The van der Waals surface area contributed by atoms with E-state index >= 15 is 0 Å². The Morgan fingerprint density at radius 1 is 0.969 bits per heavy atom. The topological polar surface area (TPSA) is 118 Å². The number of carbonyl (C=O) groups is 3. The molecule has 8 nitrogen and oxygen atoms in total. The fraction of sp³-hybridized carbons (Fsp3) is 0.0909. The Balaban J connectivity index is 0.00000272. The summed E-state index contributed by atoms with van der Waals surface area (Å²) >= 11 is 5.78. The number of carboxylic acid groups (broad SMARTS) is 1. The molecule has 0 fully saturated rings. The van der Waals surface area contributed by atoms with Gasteiger partial charge in [0, 0.05) is 28.7 Å². The first-order chi connectivity index (χ1) is 14.9. The second kappa shape index (κ2) is 12.3. The fourth-order valence-corrected chi connectivity index (χ4v) is 2.90. The number of benzene rings is 2. The van der Waals surface area contributed by atoms with Crippen molar-refractivity contribution in [3.8, 4) is 11.1 Å². The molecule has 0 spiro atoms. The van der Waals surface area contributed by atoms with Gasteiger partial charge in [0.15, 0.2) is 0 Å². The number of ether oxygens (including phenoxy) is 1. The molecule has 2 aromatic carbocycles. The van der Waals surface area contributed by atoms with E-state index in [4.69, 9.17) is 16.3 Å². The first-order valence-corrected chi connectivity index (χ1v) is 9.51. The summed E-state index contributed by atoms with van der Waals surface area (Å²) < 4.78 is 5.13. The van der Waals surface area contributed by atoms with E-state index in [1.807, 2.05) is 18.2 Å². The second-order valence-electron chi connectivity index (χ2n) is 6.41. The van der Waals surface area contributed by atoms with E-state index in [0.717, 1.165) is 11.1 Å². The van der Waals surface area contributed by atoms with Crippen molar-refractivity contribution in [1.29, 1.82) is 0 Å². The Kier molecular flexibility index (Phi) is 9.83. The van der Waals surface area contributed by atoms with Gasteiger partial charge in [-0.2, -0.15) is 0 Å². The molecule has 10 heteroatoms. The van der Waals surface area contributed by atoms with E-state index in [2.05, 4.69) is 15.6 Å². The number of carboxylic acids is 1. The van der Waals surface area contributed by atoms with Gasteiger partial charge >= 0.3 is 35.5 Å². The zero-order chi connectivity index (χ0) is 22.2. The monoisotopic (exact) mass is 463 g/mol. The van der Waals surface area contributed by atoms with Crippen LogP contribution in [0.15, 0.2) is 67.0 Å². The zero-order valence-electron chi connectivity index (χ0n) is 18.2. The molecular formula is C22H19ClN3NaO5. The minimum atomic E-state index is -1.23. The average Bonchev–Trinajstić information content (AvgIpc) is 2.75. The zero-order valence-corrected chi connectivity index (χ0v) is 19.9. The van der Waals surface area contributed by atoms with E-state index < -0.39 is 24.4 Å². The quantitative estimate of drug-likeness (QED) is 0.426. The number of nitrogens with one attached hydrogen (secondary N) is 2. The molecule has 0 aliphatic rings. The molecule has 3 aromatic rings. The first-order valence-electron chi connectivity index (χ1n) is 9.13. The Hall–Kier alpha value is -2.75. The van der Waals surface area contributed by atoms with Crippen molar-refractivity contribution in [3.63, 3.8) is 0 Å². The number of hydrogen-bond donors (Lipinski definition) is 3. The van der Waals surface area contributed by atoms with Crippen LogP contribution in [0.3, 0.4) is 0 Å². The molecule has 0 atom stereocenters. The van der Waals surface area contributed by atoms with Crippen molar-refractivity contribution in [1.82, 2.24) is 4.98 Å². The van der Waals surface area contributed by atoms with Crippen LogP contribution in [0.1, 0.15) is 11.8 Å². The summed E-state index contributed by atoms with van der Waals surface area (Å²) in [6.07, 6.45) is 3.40. The number of hydrogen-bond acceptors (Lipinski definition) is 5. The SMILES string of the molecule is O=C(COCC(=O)Nc1ccc(Cl)cc1C(=O)O)Nc1cccc(-c2cccnc2)c1.[H-].[Na+]. The fourth-order valence-electron chi connectivity index (χ4n) is 2.73. The molecule has 0 radical (unpaired) electrons. The number of aromatic carboxylic acids is 1. The van der Waals surface area contributed by atoms with Crippen LogP contribution in [0.2, 0.25) is 5.02 Å². The molecule has 1 aromatic heterocycles. The van der Waals surface area contributed by atoms with E-state index in [9.17, 15) is 19.5 Å². The Morgan fingerprint density at radius 2 is 1.69 bits per heavy atom. The number of amides is 2. The van der Waals surface area contributed by atoms with Crippen LogP contribution in [0.5, 0.6) is 0 Å². The molecular weight excluding hydrogens is 445 g/mol. The summed E-state index contributed by atoms with van der Waals surface area (Å²) in [5, 5.41) is 14.5. The normalized spacial score (nSPS) is 10.0. The minimum absolute atomic E-state index is 0. The maximum absolute atomic E-state index is 12.1. The summed E-state index contributed by atoms with van der Waals surface area (Å²) in [6, 6.07) is 15.0. The van der Waals surface area contributed by atoms with Crippen molar-refractivity contribution in [2.75, 3.05) is 23.8 Å². The molecule has 1 heterocycles. The molecule has 0 bridgehead atoms. The predicted octanol–water partition coefficient (Wildman–Crippen LogP) is 0.810. The van der Waals surface area contributed by atoms with Crippen molar-refractivity contribution < 1.29 is 55.2 Å². The molecule has 32 heavy (non-hydrogen) atoms. The van der Waals surface area contributed by atoms with E-state index in [1.165, 1.54) is 18.2 Å². The van der Waals surface area contributed by atoms with Gasteiger partial charge in [-0.25, -0.2) is 4.79 Å². The van der Waals surface area contributed by atoms with Gasteiger partial charge in [-0.05, 0) is 42.0 Å². The van der Waals surface area contributed by atoms with Gasteiger partial charge < -0.3 is 21.9 Å². The Bertz CT molecular complexity index is 1120. The maximum atomic E-state index is 12.1. The average molecular weight is 464 g/mol. The van der Waals surface area contributed by atoms with E-state index in [0.29, 0.717) is 5.69 Å². The Labute approximate surface area is 212 Å². The van der Waals surface area contributed by atoms with Crippen LogP contribution >= 0.6 is 11.6 Å². The van der Waals surface area contributed by atoms with Gasteiger partial charge in [0.05, 0.1) is 11.3 Å². The maximum Gasteiger partial charge on any atom is 1.00 e. The van der Waals surface area contributed by atoms with Gasteiger partial charge in [-0.3, -0.25) is 14.6 Å². The first kappa shape index (κ1) is 25.5. The van der Waals surface area contributed by atoms with Crippen molar-refractivity contribution in [3.05, 3.63) is 77.6 Å². The van der Waals surface area contributed by atoms with E-state index in [1.54, 1.807) is 30.6 Å². The molecule has 0 saturated carbocycles. The van der Waals surface area contributed by atoms with Gasteiger partial charge in [0.1, 0.15) is 13.2 Å². The summed E-state index contributed by atoms with van der Waals surface area (Å²) in [7, 11) is 0. The standard InChI is InChI=1S/C22H18ClN3O5.Na.H/c23-16-6-7-19(18(10-16)22(29)30)26-21(28)13-31-12-20(27)25-17-5-1-3-14(9-17)15-4-2-8-24-11-15;;/h1-11H,12-13H2,(H,25,27)(H,26,28)(H,29,30);;/q;+1;-1. The van der Waals surface area contributed by atoms with Crippen LogP contribution in [0.4, 0.5) is 11.4 Å². The summed E-state index contributed by atoms with van der Waals surface area (Å²) in [5.41, 5.74) is 2.32. The number of halogens is 1. The van der Waals surface area contributed by atoms with Crippen molar-refractivity contribution in [2.45, 2.75) is 0 Å². The second-order valence-corrected chi connectivity index (χ2v) is 6.84. The summed E-state index contributed by atoms with van der Waals surface area (Å²) in [6.45, 7) is -0.776. The number of carbonyl (C=O) groups excluding carboxylic acids is 2. The largest absolute Gasteiger partial charge is 1.00 e. The van der Waals surface area contributed by atoms with Gasteiger partial charge in [-0.1, -0.05) is 29.8 Å². The van der Waals surface area contributed by atoms with Gasteiger partial charge in [0.25, 0.3) is 0 Å². The van der Waals surface area contributed by atoms with Crippen LogP contribution in [0.25, 0.3) is 11.1 Å².